The highest BCUT2D eigenvalue weighted by Crippen LogP contribution is 2.32. The Morgan fingerprint density at radius 1 is 0.676 bits per heavy atom. The van der Waals surface area contributed by atoms with Crippen molar-refractivity contribution in [2.45, 2.75) is 6.42 Å². The Balaban J connectivity index is 1.71. The zero-order valence-electron chi connectivity index (χ0n) is 19.6. The van der Waals surface area contributed by atoms with Gasteiger partial charge in [-0.2, -0.15) is 23.7 Å². The molecule has 9 nitrogen and oxygen atoms in total. The van der Waals surface area contributed by atoms with Crippen LogP contribution in [-0.2, 0) is 15.9 Å². The van der Waals surface area contributed by atoms with Crippen molar-refractivity contribution < 1.29 is 36.2 Å². The maximum atomic E-state index is 14.1. The molecule has 4 N–H and O–H groups in total. The van der Waals surface area contributed by atoms with Gasteiger partial charge in [0.15, 0.2) is 0 Å². The minimum atomic E-state index is -2.31. The molecular formula is C23H25F5N6O3. The van der Waals surface area contributed by atoms with E-state index in [-0.39, 0.29) is 25.0 Å². The predicted molar refractivity (Wildman–Crippen MR) is 124 cm³/mol. The van der Waals surface area contributed by atoms with Crippen LogP contribution in [0.3, 0.4) is 0 Å². The summed E-state index contributed by atoms with van der Waals surface area (Å²) in [4.78, 5) is 11.9. The van der Waals surface area contributed by atoms with Crippen LogP contribution in [0.4, 0.5) is 33.8 Å². The molecule has 3 aromatic rings. The quantitative estimate of drug-likeness (QED) is 0.118. The number of halogens is 5. The summed E-state index contributed by atoms with van der Waals surface area (Å²) in [5.41, 5.74) is 6.34. The van der Waals surface area contributed by atoms with Crippen LogP contribution in [0.1, 0.15) is 5.56 Å². The highest BCUT2D eigenvalue weighted by Gasteiger charge is 2.28. The van der Waals surface area contributed by atoms with Gasteiger partial charge < -0.3 is 30.6 Å². The maximum absolute atomic E-state index is 14.1. The molecule has 0 bridgehead atoms. The summed E-state index contributed by atoms with van der Waals surface area (Å²) in [6.07, 6.45) is 0.586. The predicted octanol–water partition coefficient (Wildman–Crippen LogP) is 3.42. The minimum absolute atomic E-state index is 0.0524. The summed E-state index contributed by atoms with van der Waals surface area (Å²) >= 11 is 0. The van der Waals surface area contributed by atoms with Gasteiger partial charge in [-0.1, -0.05) is 30.3 Å². The smallest absolute Gasteiger partial charge is 0.328 e. The minimum Gasteiger partial charge on any atom is -0.418 e. The number of aromatic nitrogens is 3. The highest BCUT2D eigenvalue weighted by atomic mass is 19.2. The third-order valence-corrected chi connectivity index (χ3v) is 4.68. The second-order valence-electron chi connectivity index (χ2n) is 7.37. The Labute approximate surface area is 209 Å². The van der Waals surface area contributed by atoms with Gasteiger partial charge in [-0.15, -0.1) is 0 Å². The average molecular weight is 528 g/mol. The molecule has 1 aromatic heterocycles. The van der Waals surface area contributed by atoms with Crippen molar-refractivity contribution in [2.75, 3.05) is 56.7 Å². The maximum Gasteiger partial charge on any atom is 0.328 e. The fraction of sp³-hybridized carbons (Fsp3) is 0.348. The molecule has 200 valence electrons. The van der Waals surface area contributed by atoms with E-state index in [9.17, 15) is 22.0 Å². The van der Waals surface area contributed by atoms with Crippen molar-refractivity contribution in [2.24, 2.45) is 5.73 Å². The summed E-state index contributed by atoms with van der Waals surface area (Å²) in [5, 5.41) is 5.73. The van der Waals surface area contributed by atoms with E-state index in [4.69, 9.17) is 19.9 Å². The zero-order valence-corrected chi connectivity index (χ0v) is 19.6. The number of nitrogens with zero attached hydrogens (tertiary/aromatic N) is 3. The van der Waals surface area contributed by atoms with Crippen molar-refractivity contribution >= 4 is 11.9 Å². The Bertz CT molecular complexity index is 1130. The zero-order chi connectivity index (χ0) is 26.6. The van der Waals surface area contributed by atoms with Gasteiger partial charge in [0.2, 0.25) is 46.7 Å². The molecule has 2 aromatic carbocycles. The van der Waals surface area contributed by atoms with Crippen molar-refractivity contribution in [1.29, 1.82) is 0 Å². The van der Waals surface area contributed by atoms with Crippen molar-refractivity contribution in [3.05, 3.63) is 65.0 Å². The molecule has 0 atom stereocenters. The fourth-order valence-electron chi connectivity index (χ4n) is 2.93. The van der Waals surface area contributed by atoms with Gasteiger partial charge in [0.1, 0.15) is 0 Å². The third-order valence-electron chi connectivity index (χ3n) is 4.68. The third kappa shape index (κ3) is 8.20. The first-order valence-electron chi connectivity index (χ1n) is 11.2. The number of nitrogens with two attached hydrogens (primary N) is 1. The molecule has 0 amide bonds. The van der Waals surface area contributed by atoms with Crippen LogP contribution < -0.4 is 21.1 Å². The lowest BCUT2D eigenvalue weighted by Crippen LogP contribution is -2.17. The molecule has 3 rings (SSSR count). The van der Waals surface area contributed by atoms with Gasteiger partial charge in [0.25, 0.3) is 0 Å². The van der Waals surface area contributed by atoms with Gasteiger partial charge in [-0.3, -0.25) is 0 Å². The standard InChI is InChI=1S/C23H25F5N6O3/c24-15-16(25)18(27)20(19(28)17(15)26)37-23-33-21(30-8-6-14-4-2-1-3-5-14)32-22(34-23)31-9-11-36-13-12-35-10-7-29/h1-5H,6-13,29H2,(H2,30,31,32,33,34). The molecule has 0 saturated carbocycles. The normalized spacial score (nSPS) is 11.0. The van der Waals surface area contributed by atoms with Gasteiger partial charge in [-0.25, -0.2) is 13.2 Å². The molecule has 1 heterocycles. The number of rotatable bonds is 15. The summed E-state index contributed by atoms with van der Waals surface area (Å²) in [7, 11) is 0. The average Bonchev–Trinajstić information content (AvgIpc) is 2.91. The first-order chi connectivity index (χ1) is 17.9. The molecule has 0 aliphatic carbocycles. The first kappa shape index (κ1) is 28.0. The van der Waals surface area contributed by atoms with Crippen LogP contribution >= 0.6 is 0 Å². The Kier molecular flexibility index (Phi) is 10.7. The lowest BCUT2D eigenvalue weighted by Gasteiger charge is -2.12. The van der Waals surface area contributed by atoms with E-state index in [1.807, 2.05) is 30.3 Å². The number of ether oxygens (including phenoxy) is 3. The van der Waals surface area contributed by atoms with Crippen molar-refractivity contribution in [3.63, 3.8) is 0 Å². The molecule has 0 unspecified atom stereocenters. The number of benzene rings is 2. The second kappa shape index (κ2) is 14.2. The van der Waals surface area contributed by atoms with Gasteiger partial charge >= 0.3 is 6.01 Å². The topological polar surface area (TPSA) is 116 Å². The fourth-order valence-corrected chi connectivity index (χ4v) is 2.93. The lowest BCUT2D eigenvalue weighted by molar-refractivity contribution is 0.0547. The number of hydrogen-bond donors (Lipinski definition) is 3. The largest absolute Gasteiger partial charge is 0.418 e. The molecule has 0 fully saturated rings. The van der Waals surface area contributed by atoms with Crippen LogP contribution in [0.2, 0.25) is 0 Å². The lowest BCUT2D eigenvalue weighted by atomic mass is 10.1. The molecule has 0 radical (unpaired) electrons. The van der Waals surface area contributed by atoms with E-state index in [1.54, 1.807) is 0 Å². The summed E-state index contributed by atoms with van der Waals surface area (Å²) in [5.74, 6) is -12.6. The van der Waals surface area contributed by atoms with E-state index in [0.29, 0.717) is 39.3 Å². The first-order valence-corrected chi connectivity index (χ1v) is 11.2. The molecule has 0 saturated heterocycles. The van der Waals surface area contributed by atoms with Crippen molar-refractivity contribution in [3.8, 4) is 11.8 Å². The van der Waals surface area contributed by atoms with Crippen LogP contribution in [-0.4, -0.2) is 61.0 Å². The van der Waals surface area contributed by atoms with Crippen molar-refractivity contribution in [1.82, 2.24) is 15.0 Å². The van der Waals surface area contributed by atoms with Gasteiger partial charge in [0, 0.05) is 19.6 Å². The SMILES string of the molecule is NCCOCCOCCNc1nc(NCCc2ccccc2)nc(Oc2c(F)c(F)c(F)c(F)c2F)n1. The summed E-state index contributed by atoms with van der Waals surface area (Å²) < 4.78 is 84.2. The van der Waals surface area contributed by atoms with Gasteiger partial charge in [0.05, 0.1) is 26.4 Å². The van der Waals surface area contributed by atoms with E-state index in [2.05, 4.69) is 25.6 Å². The van der Waals surface area contributed by atoms with Crippen LogP contribution in [0.25, 0.3) is 0 Å². The summed E-state index contributed by atoms with van der Waals surface area (Å²) in [6, 6.07) is 8.77. The van der Waals surface area contributed by atoms with Crippen LogP contribution in [0.15, 0.2) is 30.3 Å². The van der Waals surface area contributed by atoms with E-state index >= 15 is 0 Å². The molecule has 0 aliphatic heterocycles. The van der Waals surface area contributed by atoms with E-state index in [0.717, 1.165) is 5.56 Å². The molecule has 14 heteroatoms. The number of anilines is 2. The van der Waals surface area contributed by atoms with Crippen LogP contribution in [0, 0.1) is 29.1 Å². The monoisotopic (exact) mass is 528 g/mol. The Morgan fingerprint density at radius 2 is 1.24 bits per heavy atom. The molecular weight excluding hydrogens is 503 g/mol. The van der Waals surface area contributed by atoms with E-state index in [1.165, 1.54) is 0 Å². The van der Waals surface area contributed by atoms with Crippen LogP contribution in [0.5, 0.6) is 11.8 Å². The summed E-state index contributed by atoms with van der Waals surface area (Å²) in [6.45, 7) is 2.30. The molecule has 37 heavy (non-hydrogen) atoms. The molecule has 0 spiro atoms. The highest BCUT2D eigenvalue weighted by molar-refractivity contribution is 5.38. The second-order valence-corrected chi connectivity index (χ2v) is 7.37. The number of hydrogen-bond acceptors (Lipinski definition) is 9. The Morgan fingerprint density at radius 3 is 1.86 bits per heavy atom. The van der Waals surface area contributed by atoms with Gasteiger partial charge in [-0.05, 0) is 12.0 Å². The molecule has 0 aliphatic rings. The Hall–Kier alpha value is -3.62. The number of nitrogens with one attached hydrogen (secondary N) is 2. The van der Waals surface area contributed by atoms with E-state index < -0.39 is 40.8 Å².